The van der Waals surface area contributed by atoms with Crippen LogP contribution in [-0.2, 0) is 11.3 Å². The highest BCUT2D eigenvalue weighted by Gasteiger charge is 2.41. The van der Waals surface area contributed by atoms with Gasteiger partial charge >= 0.3 is 0 Å². The number of halogens is 6. The molecule has 1 aliphatic heterocycles. The van der Waals surface area contributed by atoms with Crippen LogP contribution in [0.1, 0.15) is 61.4 Å². The molecule has 0 spiro atoms. The van der Waals surface area contributed by atoms with Gasteiger partial charge in [-0.25, -0.2) is 30.6 Å². The zero-order chi connectivity index (χ0) is 30.1. The lowest BCUT2D eigenvalue weighted by Gasteiger charge is -2.41. The van der Waals surface area contributed by atoms with Crippen LogP contribution in [-0.4, -0.2) is 39.0 Å². The lowest BCUT2D eigenvalue weighted by molar-refractivity contribution is -0.124. The third-order valence-corrected chi connectivity index (χ3v) is 8.78. The molecule has 2 aromatic carbocycles. The largest absolute Gasteiger partial charge is 0.398 e. The molecule has 0 bridgehead atoms. The molecule has 3 N–H and O–H groups in total. The highest BCUT2D eigenvalue weighted by atomic mass is 32.2. The zero-order valence-corrected chi connectivity index (χ0v) is 23.0. The van der Waals surface area contributed by atoms with Gasteiger partial charge in [-0.1, -0.05) is 19.3 Å². The topological polar surface area (TPSA) is 99.2 Å². The molecule has 3 aromatic rings. The number of rotatable bonds is 8. The minimum atomic E-state index is -2.28. The maximum atomic E-state index is 15.3. The van der Waals surface area contributed by atoms with Gasteiger partial charge in [0.05, 0.1) is 29.8 Å². The number of nitrogens with zero attached hydrogens (tertiary/aromatic N) is 4. The molecule has 1 aromatic heterocycles. The van der Waals surface area contributed by atoms with Crippen LogP contribution in [0.15, 0.2) is 29.4 Å². The Morgan fingerprint density at radius 2 is 1.64 bits per heavy atom. The molecule has 7 nitrogen and oxygen atoms in total. The van der Waals surface area contributed by atoms with Crippen LogP contribution in [0, 0.1) is 40.3 Å². The van der Waals surface area contributed by atoms with Crippen LogP contribution < -0.4 is 10.6 Å². The van der Waals surface area contributed by atoms with Gasteiger partial charge in [0.2, 0.25) is 11.7 Å². The van der Waals surface area contributed by atoms with E-state index in [0.717, 1.165) is 48.6 Å². The number of nitrogens with one attached hydrogen (secondary N) is 1. The van der Waals surface area contributed by atoms with E-state index in [0.29, 0.717) is 5.69 Å². The summed E-state index contributed by atoms with van der Waals surface area (Å²) < 4.78 is 86.2. The Labute approximate surface area is 241 Å². The van der Waals surface area contributed by atoms with Crippen molar-refractivity contribution < 1.29 is 31.1 Å². The smallest absolute Gasteiger partial charge is 0.245 e. The van der Waals surface area contributed by atoms with Gasteiger partial charge in [-0.3, -0.25) is 14.8 Å². The van der Waals surface area contributed by atoms with E-state index in [1.54, 1.807) is 6.20 Å². The Hall–Kier alpha value is -3.65. The maximum absolute atomic E-state index is 15.3. The Morgan fingerprint density at radius 3 is 2.21 bits per heavy atom. The van der Waals surface area contributed by atoms with Gasteiger partial charge in [0.1, 0.15) is 16.8 Å². The highest BCUT2D eigenvalue weighted by Crippen LogP contribution is 2.39. The van der Waals surface area contributed by atoms with E-state index < -0.39 is 51.7 Å². The second kappa shape index (κ2) is 12.3. The van der Waals surface area contributed by atoms with Gasteiger partial charge in [0.25, 0.3) is 0 Å². The van der Waals surface area contributed by atoms with Crippen LogP contribution in [0.4, 0.5) is 37.7 Å². The van der Waals surface area contributed by atoms with Gasteiger partial charge in [-0.15, -0.1) is 0 Å². The molecule has 2 fully saturated rings. The minimum absolute atomic E-state index is 0.0270. The third kappa shape index (κ3) is 5.69. The average Bonchev–Trinajstić information content (AvgIpc) is 2.99. The molecular formula is C28H26F6N6OS. The van der Waals surface area contributed by atoms with Gasteiger partial charge in [-0.2, -0.15) is 0 Å². The summed E-state index contributed by atoms with van der Waals surface area (Å²) in [4.78, 5) is 22.7. The summed E-state index contributed by atoms with van der Waals surface area (Å²) in [5, 5.41) is 7.43. The van der Waals surface area contributed by atoms with Crippen molar-refractivity contribution in [3.05, 3.63) is 76.4 Å². The fourth-order valence-corrected chi connectivity index (χ4v) is 6.20. The van der Waals surface area contributed by atoms with E-state index >= 15 is 4.39 Å². The van der Waals surface area contributed by atoms with Gasteiger partial charge < -0.3 is 16.0 Å². The van der Waals surface area contributed by atoms with Crippen molar-refractivity contribution in [3.63, 3.8) is 0 Å². The maximum Gasteiger partial charge on any atom is 0.245 e. The lowest BCUT2D eigenvalue weighted by Crippen LogP contribution is -2.54. The number of hydrogen-bond donors (Lipinski definition) is 2. The molecule has 1 amide bonds. The molecule has 1 aliphatic carbocycles. The van der Waals surface area contributed by atoms with E-state index in [-0.39, 0.29) is 54.3 Å². The number of carbonyl (C=O) groups is 1. The Kier molecular flexibility index (Phi) is 8.73. The molecule has 42 heavy (non-hydrogen) atoms. The summed E-state index contributed by atoms with van der Waals surface area (Å²) in [7, 11) is 0. The van der Waals surface area contributed by atoms with E-state index in [1.807, 2.05) is 0 Å². The van der Waals surface area contributed by atoms with Crippen molar-refractivity contribution in [2.75, 3.05) is 17.2 Å². The summed E-state index contributed by atoms with van der Waals surface area (Å²) in [6.07, 6.45) is 9.53. The molecule has 0 unspecified atom stereocenters. The minimum Gasteiger partial charge on any atom is -0.398 e. The number of anilines is 2. The molecule has 222 valence electrons. The normalized spacial score (nSPS) is 17.6. The summed E-state index contributed by atoms with van der Waals surface area (Å²) in [5.74, 6) is -11.8. The number of benzene rings is 2. The molecule has 1 atom stereocenters. The summed E-state index contributed by atoms with van der Waals surface area (Å²) in [5.41, 5.74) is 7.02. The summed E-state index contributed by atoms with van der Waals surface area (Å²) in [6.45, 7) is -0.156. The van der Waals surface area contributed by atoms with Crippen LogP contribution in [0.25, 0.3) is 0 Å². The number of amides is 1. The van der Waals surface area contributed by atoms with Crippen LogP contribution in [0.2, 0.25) is 0 Å². The lowest BCUT2D eigenvalue weighted by atomic mass is 9.87. The van der Waals surface area contributed by atoms with E-state index in [1.165, 1.54) is 23.0 Å². The fourth-order valence-electron chi connectivity index (χ4n) is 5.11. The number of nitrogen functional groups attached to an aromatic ring is 1. The van der Waals surface area contributed by atoms with Crippen molar-refractivity contribution in [3.8, 4) is 0 Å². The van der Waals surface area contributed by atoms with E-state index in [4.69, 9.17) is 11.1 Å². The van der Waals surface area contributed by atoms with E-state index in [2.05, 4.69) is 9.97 Å². The monoisotopic (exact) mass is 608 g/mol. The molecule has 1 saturated heterocycles. The van der Waals surface area contributed by atoms with E-state index in [9.17, 15) is 26.7 Å². The molecule has 2 heterocycles. The average molecular weight is 609 g/mol. The summed E-state index contributed by atoms with van der Waals surface area (Å²) in [6, 6.07) is 1.10. The molecule has 0 radical (unpaired) electrons. The van der Waals surface area contributed by atoms with Crippen molar-refractivity contribution in [1.82, 2.24) is 14.3 Å². The predicted octanol–water partition coefficient (Wildman–Crippen LogP) is 6.25. The first kappa shape index (κ1) is 29.8. The quantitative estimate of drug-likeness (QED) is 0.0783. The summed E-state index contributed by atoms with van der Waals surface area (Å²) >= 11 is 0.220. The molecule has 5 rings (SSSR count). The Morgan fingerprint density at radius 1 is 0.976 bits per heavy atom. The molecule has 14 heteroatoms. The SMILES string of the molecule is N=Cc1cc(F)c(N(Cc2cnc(C3CCCCC3)cn2)C(=O)[C@H]2CCN2Sc2c(F)c(F)c(F)c(F)c2F)cc1N. The molecular weight excluding hydrogens is 582 g/mol. The van der Waals surface area contributed by atoms with Crippen molar-refractivity contribution in [2.45, 2.75) is 61.9 Å². The second-order valence-electron chi connectivity index (χ2n) is 10.2. The van der Waals surface area contributed by atoms with Crippen molar-refractivity contribution >= 4 is 35.4 Å². The Balaban J connectivity index is 1.44. The first-order valence-electron chi connectivity index (χ1n) is 13.3. The number of nitrogens with two attached hydrogens (primary N) is 1. The van der Waals surface area contributed by atoms with Gasteiger partial charge in [-0.05, 0) is 43.3 Å². The van der Waals surface area contributed by atoms with Gasteiger partial charge in [0, 0.05) is 36.1 Å². The Bertz CT molecular complexity index is 1490. The number of aromatic nitrogens is 2. The van der Waals surface area contributed by atoms with Crippen molar-refractivity contribution in [2.24, 2.45) is 0 Å². The molecule has 2 aliphatic rings. The third-order valence-electron chi connectivity index (χ3n) is 7.57. The zero-order valence-electron chi connectivity index (χ0n) is 22.1. The van der Waals surface area contributed by atoms with Gasteiger partial charge in [0.15, 0.2) is 23.3 Å². The molecule has 1 saturated carbocycles. The highest BCUT2D eigenvalue weighted by molar-refractivity contribution is 7.97. The van der Waals surface area contributed by atoms with Crippen molar-refractivity contribution in [1.29, 1.82) is 5.41 Å². The predicted molar refractivity (Wildman–Crippen MR) is 145 cm³/mol. The first-order valence-corrected chi connectivity index (χ1v) is 14.1. The van der Waals surface area contributed by atoms with Crippen LogP contribution in [0.3, 0.4) is 0 Å². The fraction of sp³-hybridized carbons (Fsp3) is 0.357. The second-order valence-corrected chi connectivity index (χ2v) is 11.3. The number of carbonyl (C=O) groups excluding carboxylic acids is 1. The van der Waals surface area contributed by atoms with Crippen LogP contribution in [0.5, 0.6) is 0 Å². The van der Waals surface area contributed by atoms with Crippen LogP contribution >= 0.6 is 11.9 Å². The number of hydrogen-bond acceptors (Lipinski definition) is 7. The first-order chi connectivity index (χ1) is 20.1. The standard InChI is InChI=1S/C28H26F6N6OS/c29-17-8-15(10-35)18(36)9-21(17)39(13-16-11-38-19(12-37-16)14-4-2-1-3-5-14)28(41)20-6-7-40(20)42-27-25(33)23(31)22(30)24(32)26(27)34/h8-12,14,20,35H,1-7,13,36H2/t20-/m1/s1.